The summed E-state index contributed by atoms with van der Waals surface area (Å²) in [5.41, 5.74) is 2.72. The topological polar surface area (TPSA) is 22.0 Å². The molecule has 1 aromatic heterocycles. The lowest BCUT2D eigenvalue weighted by atomic mass is 10.0. The highest BCUT2D eigenvalue weighted by molar-refractivity contribution is 14.1. The molecule has 2 nitrogen and oxygen atoms in total. The number of benzene rings is 2. The van der Waals surface area contributed by atoms with E-state index < -0.39 is 0 Å². The van der Waals surface area contributed by atoms with Crippen molar-refractivity contribution in [2.24, 2.45) is 0 Å². The number of rotatable bonds is 7. The van der Waals surface area contributed by atoms with Crippen molar-refractivity contribution in [1.29, 1.82) is 0 Å². The second kappa shape index (κ2) is 7.97. The fourth-order valence-electron chi connectivity index (χ4n) is 3.08. The molecule has 3 rings (SSSR count). The second-order valence-electron chi connectivity index (χ2n) is 6.15. The normalized spacial score (nSPS) is 11.1. The summed E-state index contributed by atoms with van der Waals surface area (Å²) in [5, 5.41) is 1.05. The molecule has 0 fully saturated rings. The van der Waals surface area contributed by atoms with Gasteiger partial charge in [0.15, 0.2) is 5.78 Å². The molecule has 3 aromatic rings. The van der Waals surface area contributed by atoms with E-state index >= 15 is 0 Å². The van der Waals surface area contributed by atoms with E-state index in [1.165, 1.54) is 19.3 Å². The van der Waals surface area contributed by atoms with E-state index in [-0.39, 0.29) is 5.78 Å². The van der Waals surface area contributed by atoms with Gasteiger partial charge in [-0.2, -0.15) is 0 Å². The monoisotopic (exact) mass is 431 g/mol. The summed E-state index contributed by atoms with van der Waals surface area (Å²) in [7, 11) is 0. The van der Waals surface area contributed by atoms with Crippen LogP contribution in [-0.2, 0) is 6.54 Å². The van der Waals surface area contributed by atoms with E-state index in [0.29, 0.717) is 0 Å². The van der Waals surface area contributed by atoms with Crippen LogP contribution in [0.25, 0.3) is 10.9 Å². The Balaban J connectivity index is 1.93. The Kier molecular flexibility index (Phi) is 5.72. The average Bonchev–Trinajstić information content (AvgIpc) is 2.98. The minimum absolute atomic E-state index is 0.106. The molecule has 124 valence electrons. The molecular weight excluding hydrogens is 409 g/mol. The highest BCUT2D eigenvalue weighted by Crippen LogP contribution is 2.25. The summed E-state index contributed by atoms with van der Waals surface area (Å²) in [6, 6.07) is 16.0. The average molecular weight is 431 g/mol. The van der Waals surface area contributed by atoms with Crippen LogP contribution in [0, 0.1) is 3.57 Å². The quantitative estimate of drug-likeness (QED) is 0.253. The van der Waals surface area contributed by atoms with Gasteiger partial charge in [-0.15, -0.1) is 0 Å². The Morgan fingerprint density at radius 3 is 2.50 bits per heavy atom. The summed E-state index contributed by atoms with van der Waals surface area (Å²) < 4.78 is 3.38. The lowest BCUT2D eigenvalue weighted by Gasteiger charge is -2.04. The summed E-state index contributed by atoms with van der Waals surface area (Å²) >= 11 is 2.26. The Morgan fingerprint density at radius 1 is 1.00 bits per heavy atom. The van der Waals surface area contributed by atoms with Gasteiger partial charge in [-0.05, 0) is 59.3 Å². The standard InChI is InChI=1S/C21H22INO/c1-2-3-4-7-14-23-15-19(18-8-5-6-9-20(18)23)21(24)16-10-12-17(22)13-11-16/h5-6,8-13,15H,2-4,7,14H2,1H3. The number of halogens is 1. The van der Waals surface area contributed by atoms with Crippen molar-refractivity contribution in [1.82, 2.24) is 4.57 Å². The zero-order valence-corrected chi connectivity index (χ0v) is 16.1. The lowest BCUT2D eigenvalue weighted by Crippen LogP contribution is -2.01. The molecule has 1 heterocycles. The maximum atomic E-state index is 12.9. The van der Waals surface area contributed by atoms with Crippen LogP contribution < -0.4 is 0 Å². The molecule has 0 saturated heterocycles. The van der Waals surface area contributed by atoms with Gasteiger partial charge in [-0.25, -0.2) is 0 Å². The van der Waals surface area contributed by atoms with Crippen LogP contribution in [0.15, 0.2) is 54.7 Å². The summed E-state index contributed by atoms with van der Waals surface area (Å²) in [6.07, 6.45) is 6.95. The third-order valence-corrected chi connectivity index (χ3v) is 5.11. The summed E-state index contributed by atoms with van der Waals surface area (Å²) in [4.78, 5) is 12.9. The van der Waals surface area contributed by atoms with E-state index in [1.807, 2.05) is 42.6 Å². The second-order valence-corrected chi connectivity index (χ2v) is 7.40. The molecule has 0 aliphatic rings. The molecule has 0 atom stereocenters. The van der Waals surface area contributed by atoms with Crippen molar-refractivity contribution in [3.05, 3.63) is 69.4 Å². The van der Waals surface area contributed by atoms with Gasteiger partial charge in [0.25, 0.3) is 0 Å². The van der Waals surface area contributed by atoms with Gasteiger partial charge >= 0.3 is 0 Å². The molecule has 0 aliphatic carbocycles. The van der Waals surface area contributed by atoms with E-state index in [0.717, 1.165) is 38.6 Å². The van der Waals surface area contributed by atoms with Crippen molar-refractivity contribution in [2.75, 3.05) is 0 Å². The maximum Gasteiger partial charge on any atom is 0.195 e. The molecule has 0 bridgehead atoms. The van der Waals surface area contributed by atoms with Crippen LogP contribution in [0.2, 0.25) is 0 Å². The van der Waals surface area contributed by atoms with Gasteiger partial charge in [0.05, 0.1) is 0 Å². The van der Waals surface area contributed by atoms with Gasteiger partial charge in [-0.3, -0.25) is 4.79 Å². The predicted molar refractivity (Wildman–Crippen MR) is 109 cm³/mol. The maximum absolute atomic E-state index is 12.9. The minimum atomic E-state index is 0.106. The van der Waals surface area contributed by atoms with Crippen molar-refractivity contribution >= 4 is 39.3 Å². The van der Waals surface area contributed by atoms with Crippen molar-refractivity contribution in [2.45, 2.75) is 39.2 Å². The third kappa shape index (κ3) is 3.72. The first-order valence-corrected chi connectivity index (χ1v) is 9.66. The van der Waals surface area contributed by atoms with Crippen LogP contribution in [-0.4, -0.2) is 10.4 Å². The molecule has 3 heteroatoms. The van der Waals surface area contributed by atoms with Crippen LogP contribution in [0.1, 0.15) is 48.5 Å². The van der Waals surface area contributed by atoms with Gasteiger partial charge in [0.1, 0.15) is 0 Å². The minimum Gasteiger partial charge on any atom is -0.347 e. The van der Waals surface area contributed by atoms with E-state index in [4.69, 9.17) is 0 Å². The van der Waals surface area contributed by atoms with Crippen LogP contribution in [0.3, 0.4) is 0 Å². The van der Waals surface area contributed by atoms with E-state index in [1.54, 1.807) is 0 Å². The number of aryl methyl sites for hydroxylation is 1. The zero-order chi connectivity index (χ0) is 16.9. The third-order valence-electron chi connectivity index (χ3n) is 4.39. The van der Waals surface area contributed by atoms with E-state index in [9.17, 15) is 4.79 Å². The molecule has 0 saturated carbocycles. The molecule has 0 aliphatic heterocycles. The first-order chi connectivity index (χ1) is 11.7. The Bertz CT molecular complexity index is 833. The van der Waals surface area contributed by atoms with E-state index in [2.05, 4.69) is 46.2 Å². The number of para-hydroxylation sites is 1. The molecule has 24 heavy (non-hydrogen) atoms. The number of unbranched alkanes of at least 4 members (excludes halogenated alkanes) is 3. The highest BCUT2D eigenvalue weighted by atomic mass is 127. The molecule has 0 radical (unpaired) electrons. The number of hydrogen-bond acceptors (Lipinski definition) is 1. The highest BCUT2D eigenvalue weighted by Gasteiger charge is 2.16. The number of nitrogens with zero attached hydrogens (tertiary/aromatic N) is 1. The number of carbonyl (C=O) groups is 1. The summed E-state index contributed by atoms with van der Waals surface area (Å²) in [5.74, 6) is 0.106. The first kappa shape index (κ1) is 17.2. The number of hydrogen-bond donors (Lipinski definition) is 0. The Labute approximate surface area is 157 Å². The molecular formula is C21H22INO. The van der Waals surface area contributed by atoms with Gasteiger partial charge < -0.3 is 4.57 Å². The molecule has 0 unspecified atom stereocenters. The summed E-state index contributed by atoms with van der Waals surface area (Å²) in [6.45, 7) is 3.20. The van der Waals surface area contributed by atoms with Crippen LogP contribution in [0.4, 0.5) is 0 Å². The lowest BCUT2D eigenvalue weighted by molar-refractivity contribution is 0.104. The number of ketones is 1. The Hall–Kier alpha value is -1.62. The fourth-order valence-corrected chi connectivity index (χ4v) is 3.44. The molecule has 2 aromatic carbocycles. The van der Waals surface area contributed by atoms with Gasteiger partial charge in [-0.1, -0.05) is 44.4 Å². The SMILES string of the molecule is CCCCCCn1cc(C(=O)c2ccc(I)cc2)c2ccccc21. The molecule has 0 N–H and O–H groups in total. The molecule has 0 amide bonds. The van der Waals surface area contributed by atoms with Gasteiger partial charge in [0, 0.05) is 38.3 Å². The largest absolute Gasteiger partial charge is 0.347 e. The predicted octanol–water partition coefficient (Wildman–Crippen LogP) is 6.06. The van der Waals surface area contributed by atoms with Crippen molar-refractivity contribution < 1.29 is 4.79 Å². The smallest absolute Gasteiger partial charge is 0.195 e. The van der Waals surface area contributed by atoms with Crippen LogP contribution in [0.5, 0.6) is 0 Å². The van der Waals surface area contributed by atoms with Crippen LogP contribution >= 0.6 is 22.6 Å². The molecule has 0 spiro atoms. The number of aromatic nitrogens is 1. The van der Waals surface area contributed by atoms with Crippen molar-refractivity contribution in [3.8, 4) is 0 Å². The van der Waals surface area contributed by atoms with Gasteiger partial charge in [0.2, 0.25) is 0 Å². The van der Waals surface area contributed by atoms with Crippen molar-refractivity contribution in [3.63, 3.8) is 0 Å². The fraction of sp³-hybridized carbons (Fsp3) is 0.286. The zero-order valence-electron chi connectivity index (χ0n) is 14.0. The number of fused-ring (bicyclic) bond motifs is 1. The first-order valence-electron chi connectivity index (χ1n) is 8.59. The Morgan fingerprint density at radius 2 is 1.75 bits per heavy atom. The number of carbonyl (C=O) groups excluding carboxylic acids is 1.